The highest BCUT2D eigenvalue weighted by Crippen LogP contribution is 2.10. The number of nitriles is 1. The summed E-state index contributed by atoms with van der Waals surface area (Å²) < 4.78 is 0. The van der Waals surface area contributed by atoms with E-state index in [1.54, 1.807) is 36.4 Å². The first-order chi connectivity index (χ1) is 9.02. The summed E-state index contributed by atoms with van der Waals surface area (Å²) in [4.78, 5) is 21.4. The highest BCUT2D eigenvalue weighted by Gasteiger charge is 2.02. The molecule has 19 heavy (non-hydrogen) atoms. The van der Waals surface area contributed by atoms with Gasteiger partial charge in [0.2, 0.25) is 5.91 Å². The van der Waals surface area contributed by atoms with Crippen molar-refractivity contribution in [2.75, 3.05) is 5.32 Å². The van der Waals surface area contributed by atoms with Gasteiger partial charge in [-0.3, -0.25) is 4.79 Å². The van der Waals surface area contributed by atoms with Crippen molar-refractivity contribution in [3.8, 4) is 6.07 Å². The SMILES string of the molecule is CC(=O)Nc1ccc(C=CC=C(C#N)C(=O)O)cc1. The van der Waals surface area contributed by atoms with Crippen LogP contribution >= 0.6 is 0 Å². The standard InChI is InChI=1S/C14H12N2O3/c1-10(17)16-13-7-5-11(6-8-13)3-2-4-12(9-15)14(18)19/h2-8H,1H3,(H,16,17)(H,18,19). The normalized spacial score (nSPS) is 11.1. The van der Waals surface area contributed by atoms with Crippen molar-refractivity contribution in [1.82, 2.24) is 0 Å². The number of nitrogens with zero attached hydrogens (tertiary/aromatic N) is 1. The van der Waals surface area contributed by atoms with Crippen LogP contribution in [0.25, 0.3) is 6.08 Å². The van der Waals surface area contributed by atoms with Gasteiger partial charge in [0.05, 0.1) is 0 Å². The number of nitrogens with one attached hydrogen (secondary N) is 1. The molecule has 0 aromatic heterocycles. The van der Waals surface area contributed by atoms with Crippen molar-refractivity contribution in [3.63, 3.8) is 0 Å². The molecule has 0 heterocycles. The molecule has 0 radical (unpaired) electrons. The Morgan fingerprint density at radius 2 is 1.95 bits per heavy atom. The van der Waals surface area contributed by atoms with Crippen LogP contribution in [0.4, 0.5) is 5.69 Å². The van der Waals surface area contributed by atoms with E-state index in [2.05, 4.69) is 5.32 Å². The van der Waals surface area contributed by atoms with Gasteiger partial charge < -0.3 is 10.4 Å². The molecular weight excluding hydrogens is 244 g/mol. The van der Waals surface area contributed by atoms with Gasteiger partial charge in [0.25, 0.3) is 0 Å². The third kappa shape index (κ3) is 4.88. The van der Waals surface area contributed by atoms with Crippen molar-refractivity contribution in [2.24, 2.45) is 0 Å². The van der Waals surface area contributed by atoms with Crippen LogP contribution in [-0.4, -0.2) is 17.0 Å². The monoisotopic (exact) mass is 256 g/mol. The molecule has 96 valence electrons. The Kier molecular flexibility index (Phi) is 5.05. The summed E-state index contributed by atoms with van der Waals surface area (Å²) in [6.45, 7) is 1.42. The Bertz CT molecular complexity index is 578. The van der Waals surface area contributed by atoms with Crippen LogP contribution < -0.4 is 5.32 Å². The minimum Gasteiger partial charge on any atom is -0.477 e. The highest BCUT2D eigenvalue weighted by atomic mass is 16.4. The molecule has 1 rings (SSSR count). The largest absolute Gasteiger partial charge is 0.477 e. The average Bonchev–Trinajstić information content (AvgIpc) is 2.35. The van der Waals surface area contributed by atoms with Crippen LogP contribution in [0.3, 0.4) is 0 Å². The number of carboxylic acid groups (broad SMARTS) is 1. The van der Waals surface area contributed by atoms with Gasteiger partial charge in [0.15, 0.2) is 0 Å². The molecule has 2 N–H and O–H groups in total. The summed E-state index contributed by atoms with van der Waals surface area (Å²) in [6, 6.07) is 8.57. The molecule has 0 saturated carbocycles. The molecule has 1 aromatic rings. The molecule has 1 aromatic carbocycles. The summed E-state index contributed by atoms with van der Waals surface area (Å²) in [5.41, 5.74) is 1.18. The first kappa shape index (κ1) is 14.2. The molecule has 0 atom stereocenters. The lowest BCUT2D eigenvalue weighted by Gasteiger charge is -2.01. The fourth-order valence-corrected chi connectivity index (χ4v) is 1.29. The van der Waals surface area contributed by atoms with Gasteiger partial charge in [0, 0.05) is 12.6 Å². The quantitative estimate of drug-likeness (QED) is 0.491. The predicted molar refractivity (Wildman–Crippen MR) is 71.1 cm³/mol. The number of hydrogen-bond acceptors (Lipinski definition) is 3. The smallest absolute Gasteiger partial charge is 0.346 e. The third-order valence-electron chi connectivity index (χ3n) is 2.13. The molecule has 5 nitrogen and oxygen atoms in total. The zero-order valence-electron chi connectivity index (χ0n) is 10.3. The fraction of sp³-hybridized carbons (Fsp3) is 0.0714. The second-order valence-electron chi connectivity index (χ2n) is 3.66. The maximum absolute atomic E-state index is 10.8. The number of anilines is 1. The van der Waals surface area contributed by atoms with Crippen molar-refractivity contribution in [2.45, 2.75) is 6.92 Å². The summed E-state index contributed by atoms with van der Waals surface area (Å²) in [5.74, 6) is -1.40. The van der Waals surface area contributed by atoms with E-state index in [-0.39, 0.29) is 11.5 Å². The van der Waals surface area contributed by atoms with Crippen LogP contribution in [0.1, 0.15) is 12.5 Å². The van der Waals surface area contributed by atoms with Crippen LogP contribution in [0.2, 0.25) is 0 Å². The lowest BCUT2D eigenvalue weighted by atomic mass is 10.2. The zero-order valence-corrected chi connectivity index (χ0v) is 10.3. The molecule has 0 aliphatic heterocycles. The number of amides is 1. The Balaban J connectivity index is 2.76. The molecule has 5 heteroatoms. The Labute approximate surface area is 110 Å². The number of hydrogen-bond donors (Lipinski definition) is 2. The zero-order chi connectivity index (χ0) is 14.3. The number of carbonyl (C=O) groups excluding carboxylic acids is 1. The molecular formula is C14H12N2O3. The predicted octanol–water partition coefficient (Wildman–Crippen LogP) is 2.19. The summed E-state index contributed by atoms with van der Waals surface area (Å²) >= 11 is 0. The van der Waals surface area contributed by atoms with Crippen molar-refractivity contribution < 1.29 is 14.7 Å². The van der Waals surface area contributed by atoms with Gasteiger partial charge >= 0.3 is 5.97 Å². The van der Waals surface area contributed by atoms with Crippen LogP contribution in [0.5, 0.6) is 0 Å². The first-order valence-electron chi connectivity index (χ1n) is 5.42. The second kappa shape index (κ2) is 6.77. The van der Waals surface area contributed by atoms with Crippen LogP contribution in [0, 0.1) is 11.3 Å². The lowest BCUT2D eigenvalue weighted by Crippen LogP contribution is -2.05. The Morgan fingerprint density at radius 1 is 1.32 bits per heavy atom. The number of carboxylic acids is 1. The topological polar surface area (TPSA) is 90.2 Å². The fourth-order valence-electron chi connectivity index (χ4n) is 1.29. The van der Waals surface area contributed by atoms with Gasteiger partial charge in [-0.25, -0.2) is 4.79 Å². The van der Waals surface area contributed by atoms with E-state index in [1.165, 1.54) is 19.1 Å². The Hall–Kier alpha value is -2.87. The van der Waals surface area contributed by atoms with Crippen LogP contribution in [0.15, 0.2) is 42.0 Å². The molecule has 0 spiro atoms. The van der Waals surface area contributed by atoms with Gasteiger partial charge in [0.1, 0.15) is 11.6 Å². The minimum atomic E-state index is -1.26. The van der Waals surface area contributed by atoms with E-state index in [0.717, 1.165) is 5.56 Å². The molecule has 0 saturated heterocycles. The number of allylic oxidation sites excluding steroid dienone is 2. The summed E-state index contributed by atoms with van der Waals surface area (Å²) in [5, 5.41) is 19.8. The minimum absolute atomic E-state index is 0.147. The van der Waals surface area contributed by atoms with E-state index < -0.39 is 5.97 Å². The lowest BCUT2D eigenvalue weighted by molar-refractivity contribution is -0.132. The average molecular weight is 256 g/mol. The molecule has 0 aliphatic carbocycles. The van der Waals surface area contributed by atoms with Crippen molar-refractivity contribution in [3.05, 3.63) is 47.6 Å². The highest BCUT2D eigenvalue weighted by molar-refractivity contribution is 5.91. The number of carbonyl (C=O) groups is 2. The third-order valence-corrected chi connectivity index (χ3v) is 2.13. The Morgan fingerprint density at radius 3 is 2.42 bits per heavy atom. The molecule has 0 unspecified atom stereocenters. The maximum Gasteiger partial charge on any atom is 0.346 e. The van der Waals surface area contributed by atoms with E-state index in [0.29, 0.717) is 5.69 Å². The first-order valence-corrected chi connectivity index (χ1v) is 5.42. The number of rotatable bonds is 4. The molecule has 1 amide bonds. The molecule has 0 aliphatic rings. The van der Waals surface area contributed by atoms with E-state index in [1.807, 2.05) is 0 Å². The van der Waals surface area contributed by atoms with Gasteiger partial charge in [-0.15, -0.1) is 0 Å². The van der Waals surface area contributed by atoms with Crippen molar-refractivity contribution >= 4 is 23.6 Å². The van der Waals surface area contributed by atoms with E-state index >= 15 is 0 Å². The van der Waals surface area contributed by atoms with Gasteiger partial charge in [-0.05, 0) is 23.8 Å². The number of benzene rings is 1. The number of aliphatic carboxylic acids is 1. The van der Waals surface area contributed by atoms with Crippen molar-refractivity contribution in [1.29, 1.82) is 5.26 Å². The molecule has 0 bridgehead atoms. The maximum atomic E-state index is 10.8. The van der Waals surface area contributed by atoms with E-state index in [4.69, 9.17) is 10.4 Å². The summed E-state index contributed by atoms with van der Waals surface area (Å²) in [6.07, 6.45) is 4.38. The summed E-state index contributed by atoms with van der Waals surface area (Å²) in [7, 11) is 0. The second-order valence-corrected chi connectivity index (χ2v) is 3.66. The van der Waals surface area contributed by atoms with Gasteiger partial charge in [-0.2, -0.15) is 5.26 Å². The van der Waals surface area contributed by atoms with E-state index in [9.17, 15) is 9.59 Å². The van der Waals surface area contributed by atoms with Crippen LogP contribution in [-0.2, 0) is 9.59 Å². The van der Waals surface area contributed by atoms with Gasteiger partial charge in [-0.1, -0.05) is 24.3 Å². The molecule has 0 fully saturated rings.